The van der Waals surface area contributed by atoms with E-state index in [1.807, 2.05) is 0 Å². The van der Waals surface area contributed by atoms with Crippen LogP contribution >= 0.6 is 0 Å². The van der Waals surface area contributed by atoms with Crippen molar-refractivity contribution in [3.63, 3.8) is 0 Å². The molecule has 0 aromatic carbocycles. The standard InChI is InChI=1S/C16H27N3/c1-10(2)16-18-12(4)15(13(5)19-16)8-11(3)9-17-14-6-7-14/h10-11,14,17H,6-9H2,1-5H3. The molecule has 1 aromatic rings. The van der Waals surface area contributed by atoms with Gasteiger partial charge in [0.25, 0.3) is 0 Å². The first-order chi connectivity index (χ1) is 8.97. The average molecular weight is 261 g/mol. The monoisotopic (exact) mass is 261 g/mol. The molecule has 106 valence electrons. The molecule has 0 spiro atoms. The fraction of sp³-hybridized carbons (Fsp3) is 0.750. The number of aryl methyl sites for hydroxylation is 2. The summed E-state index contributed by atoms with van der Waals surface area (Å²) in [7, 11) is 0. The van der Waals surface area contributed by atoms with Crippen molar-refractivity contribution in [3.05, 3.63) is 22.8 Å². The van der Waals surface area contributed by atoms with Crippen LogP contribution in [0.5, 0.6) is 0 Å². The van der Waals surface area contributed by atoms with Gasteiger partial charge in [-0.25, -0.2) is 9.97 Å². The highest BCUT2D eigenvalue weighted by molar-refractivity contribution is 5.25. The molecule has 1 unspecified atom stereocenters. The van der Waals surface area contributed by atoms with Crippen LogP contribution in [0, 0.1) is 19.8 Å². The summed E-state index contributed by atoms with van der Waals surface area (Å²) in [6.45, 7) is 12.0. The fourth-order valence-corrected chi connectivity index (χ4v) is 2.39. The van der Waals surface area contributed by atoms with Crippen LogP contribution in [0.25, 0.3) is 0 Å². The van der Waals surface area contributed by atoms with Gasteiger partial charge in [0, 0.05) is 23.3 Å². The maximum Gasteiger partial charge on any atom is 0.131 e. The number of rotatable bonds is 6. The Morgan fingerprint density at radius 3 is 2.16 bits per heavy atom. The molecule has 1 aliphatic rings. The summed E-state index contributed by atoms with van der Waals surface area (Å²) in [5.41, 5.74) is 3.67. The van der Waals surface area contributed by atoms with Gasteiger partial charge in [0.15, 0.2) is 0 Å². The van der Waals surface area contributed by atoms with E-state index in [2.05, 4.69) is 49.9 Å². The van der Waals surface area contributed by atoms with Crippen molar-refractivity contribution in [2.24, 2.45) is 5.92 Å². The Morgan fingerprint density at radius 2 is 1.68 bits per heavy atom. The van der Waals surface area contributed by atoms with Gasteiger partial charge in [-0.3, -0.25) is 0 Å². The molecule has 0 saturated heterocycles. The van der Waals surface area contributed by atoms with E-state index in [0.29, 0.717) is 11.8 Å². The van der Waals surface area contributed by atoms with Crippen molar-refractivity contribution in [2.75, 3.05) is 6.54 Å². The molecule has 1 heterocycles. The molecule has 0 amide bonds. The summed E-state index contributed by atoms with van der Waals surface area (Å²) in [5, 5.41) is 3.60. The topological polar surface area (TPSA) is 37.8 Å². The predicted molar refractivity (Wildman–Crippen MR) is 79.5 cm³/mol. The van der Waals surface area contributed by atoms with Gasteiger partial charge in [-0.15, -0.1) is 0 Å². The lowest BCUT2D eigenvalue weighted by molar-refractivity contribution is 0.505. The molecule has 2 rings (SSSR count). The lowest BCUT2D eigenvalue weighted by atomic mass is 9.98. The first-order valence-electron chi connectivity index (χ1n) is 7.54. The highest BCUT2D eigenvalue weighted by atomic mass is 14.9. The molecule has 1 saturated carbocycles. The molecule has 3 nitrogen and oxygen atoms in total. The first kappa shape index (κ1) is 14.4. The van der Waals surface area contributed by atoms with Crippen molar-refractivity contribution in [1.82, 2.24) is 15.3 Å². The van der Waals surface area contributed by atoms with Gasteiger partial charge in [0.05, 0.1) is 0 Å². The summed E-state index contributed by atoms with van der Waals surface area (Å²) in [4.78, 5) is 9.33. The van der Waals surface area contributed by atoms with Crippen LogP contribution in [0.3, 0.4) is 0 Å². The summed E-state index contributed by atoms with van der Waals surface area (Å²) in [6.07, 6.45) is 3.80. The second-order valence-electron chi connectivity index (χ2n) is 6.38. The van der Waals surface area contributed by atoms with E-state index in [-0.39, 0.29) is 0 Å². The number of aromatic nitrogens is 2. The minimum absolute atomic E-state index is 0.403. The molecular weight excluding hydrogens is 234 g/mol. The highest BCUT2D eigenvalue weighted by Gasteiger charge is 2.21. The molecule has 0 aliphatic heterocycles. The Bertz CT molecular complexity index is 413. The Kier molecular flexibility index (Phi) is 4.56. The van der Waals surface area contributed by atoms with Crippen LogP contribution < -0.4 is 5.32 Å². The predicted octanol–water partition coefficient (Wildman–Crippen LogP) is 3.15. The minimum atomic E-state index is 0.403. The second-order valence-corrected chi connectivity index (χ2v) is 6.38. The smallest absolute Gasteiger partial charge is 0.131 e. The maximum atomic E-state index is 4.66. The molecule has 3 heteroatoms. The molecule has 19 heavy (non-hydrogen) atoms. The van der Waals surface area contributed by atoms with E-state index < -0.39 is 0 Å². The lowest BCUT2D eigenvalue weighted by Crippen LogP contribution is -2.25. The quantitative estimate of drug-likeness (QED) is 0.855. The van der Waals surface area contributed by atoms with E-state index in [9.17, 15) is 0 Å². The van der Waals surface area contributed by atoms with Crippen LogP contribution in [-0.4, -0.2) is 22.6 Å². The number of nitrogens with one attached hydrogen (secondary N) is 1. The fourth-order valence-electron chi connectivity index (χ4n) is 2.39. The first-order valence-corrected chi connectivity index (χ1v) is 7.54. The molecule has 0 radical (unpaired) electrons. The van der Waals surface area contributed by atoms with E-state index in [4.69, 9.17) is 0 Å². The molecule has 1 aromatic heterocycles. The van der Waals surface area contributed by atoms with Crippen LogP contribution in [-0.2, 0) is 6.42 Å². The van der Waals surface area contributed by atoms with Crippen LogP contribution in [0.15, 0.2) is 0 Å². The van der Waals surface area contributed by atoms with E-state index in [0.717, 1.165) is 36.2 Å². The normalized spacial score (nSPS) is 16.9. The Balaban J connectivity index is 2.02. The number of nitrogens with zero attached hydrogens (tertiary/aromatic N) is 2. The molecule has 1 aliphatic carbocycles. The van der Waals surface area contributed by atoms with Crippen molar-refractivity contribution in [3.8, 4) is 0 Å². The Morgan fingerprint density at radius 1 is 1.11 bits per heavy atom. The van der Waals surface area contributed by atoms with Crippen LogP contribution in [0.2, 0.25) is 0 Å². The summed E-state index contributed by atoms with van der Waals surface area (Å²) < 4.78 is 0. The zero-order chi connectivity index (χ0) is 14.0. The molecule has 1 fully saturated rings. The summed E-state index contributed by atoms with van der Waals surface area (Å²) in [5.74, 6) is 2.02. The molecule has 0 bridgehead atoms. The molecule has 1 atom stereocenters. The van der Waals surface area contributed by atoms with E-state index in [1.54, 1.807) is 0 Å². The third-order valence-electron chi connectivity index (χ3n) is 3.84. The zero-order valence-electron chi connectivity index (χ0n) is 13.0. The van der Waals surface area contributed by atoms with Gasteiger partial charge < -0.3 is 5.32 Å². The van der Waals surface area contributed by atoms with Gasteiger partial charge in [-0.05, 0) is 51.1 Å². The van der Waals surface area contributed by atoms with Crippen LogP contribution in [0.1, 0.15) is 62.3 Å². The number of hydrogen-bond donors (Lipinski definition) is 1. The summed E-state index contributed by atoms with van der Waals surface area (Å²) >= 11 is 0. The van der Waals surface area contributed by atoms with Crippen molar-refractivity contribution >= 4 is 0 Å². The third kappa shape index (κ3) is 4.00. The zero-order valence-corrected chi connectivity index (χ0v) is 13.0. The largest absolute Gasteiger partial charge is 0.314 e. The molecule has 1 N–H and O–H groups in total. The highest BCUT2D eigenvalue weighted by Crippen LogP contribution is 2.21. The third-order valence-corrected chi connectivity index (χ3v) is 3.84. The van der Waals surface area contributed by atoms with E-state index >= 15 is 0 Å². The maximum absolute atomic E-state index is 4.66. The Hall–Kier alpha value is -0.960. The summed E-state index contributed by atoms with van der Waals surface area (Å²) in [6, 6.07) is 0.796. The van der Waals surface area contributed by atoms with Crippen molar-refractivity contribution in [1.29, 1.82) is 0 Å². The van der Waals surface area contributed by atoms with Crippen LogP contribution in [0.4, 0.5) is 0 Å². The molecular formula is C16H27N3. The second kappa shape index (κ2) is 6.00. The number of hydrogen-bond acceptors (Lipinski definition) is 3. The average Bonchev–Trinajstić information content (AvgIpc) is 3.14. The Labute approximate surface area is 117 Å². The van der Waals surface area contributed by atoms with Gasteiger partial charge >= 0.3 is 0 Å². The lowest BCUT2D eigenvalue weighted by Gasteiger charge is -2.17. The van der Waals surface area contributed by atoms with Crippen molar-refractivity contribution in [2.45, 2.75) is 65.8 Å². The van der Waals surface area contributed by atoms with Gasteiger partial charge in [0.2, 0.25) is 0 Å². The van der Waals surface area contributed by atoms with Gasteiger partial charge in [-0.2, -0.15) is 0 Å². The SMILES string of the molecule is Cc1nc(C(C)C)nc(C)c1CC(C)CNC1CC1. The van der Waals surface area contributed by atoms with E-state index in [1.165, 1.54) is 18.4 Å². The minimum Gasteiger partial charge on any atom is -0.314 e. The van der Waals surface area contributed by atoms with Gasteiger partial charge in [0.1, 0.15) is 5.82 Å². The van der Waals surface area contributed by atoms with Gasteiger partial charge in [-0.1, -0.05) is 20.8 Å². The van der Waals surface area contributed by atoms with Crippen molar-refractivity contribution < 1.29 is 0 Å².